The van der Waals surface area contributed by atoms with Crippen LogP contribution < -0.4 is 10.6 Å². The normalized spacial score (nSPS) is 20.2. The second-order valence-electron chi connectivity index (χ2n) is 8.72. The molecule has 9 heteroatoms. The van der Waals surface area contributed by atoms with Crippen LogP contribution in [-0.2, 0) is 10.2 Å². The van der Waals surface area contributed by atoms with Crippen LogP contribution in [-0.4, -0.2) is 34.6 Å². The van der Waals surface area contributed by atoms with E-state index in [0.29, 0.717) is 10.5 Å². The van der Waals surface area contributed by atoms with Gasteiger partial charge in [0.2, 0.25) is 0 Å². The molecule has 170 valence electrons. The van der Waals surface area contributed by atoms with Crippen molar-refractivity contribution in [1.82, 2.24) is 15.5 Å². The Hall–Kier alpha value is -3.36. The van der Waals surface area contributed by atoms with Crippen molar-refractivity contribution < 1.29 is 27.6 Å². The van der Waals surface area contributed by atoms with E-state index in [2.05, 4.69) is 0 Å². The van der Waals surface area contributed by atoms with Gasteiger partial charge in [-0.05, 0) is 35.6 Å². The molecule has 1 fully saturated rings. The number of halogens is 3. The highest BCUT2D eigenvalue weighted by molar-refractivity contribution is 6.10. The zero-order chi connectivity index (χ0) is 23.9. The number of carbonyl (C=O) groups excluding carboxylic acids is 3. The molecule has 4 amide bonds. The van der Waals surface area contributed by atoms with Gasteiger partial charge < -0.3 is 5.32 Å². The van der Waals surface area contributed by atoms with Crippen molar-refractivity contribution in [2.24, 2.45) is 0 Å². The summed E-state index contributed by atoms with van der Waals surface area (Å²) in [6.45, 7) is 7.30. The molecule has 0 radical (unpaired) electrons. The molecule has 1 heterocycles. The molecule has 1 aliphatic rings. The minimum atomic E-state index is -5.27. The average molecular weight is 447 g/mol. The summed E-state index contributed by atoms with van der Waals surface area (Å²) in [6, 6.07) is 12.0. The Morgan fingerprint density at radius 3 is 2.06 bits per heavy atom. The fourth-order valence-corrected chi connectivity index (χ4v) is 3.49. The monoisotopic (exact) mass is 447 g/mol. The Kier molecular flexibility index (Phi) is 5.80. The van der Waals surface area contributed by atoms with Crippen molar-refractivity contribution >= 4 is 17.8 Å². The number of nitrogens with zero attached hydrogens (tertiary/aromatic N) is 1. The van der Waals surface area contributed by atoms with Gasteiger partial charge in [-0.1, -0.05) is 63.2 Å². The quantitative estimate of drug-likeness (QED) is 0.687. The Bertz CT molecular complexity index is 1030. The van der Waals surface area contributed by atoms with Crippen LogP contribution in [0.1, 0.15) is 55.2 Å². The lowest BCUT2D eigenvalue weighted by atomic mass is 9.86. The Balaban J connectivity index is 1.93. The van der Waals surface area contributed by atoms with E-state index in [0.717, 1.165) is 5.56 Å². The van der Waals surface area contributed by atoms with E-state index in [-0.39, 0.29) is 11.0 Å². The molecule has 0 aliphatic carbocycles. The number of urea groups is 1. The maximum Gasteiger partial charge on any atom is 0.440 e. The number of rotatable bonds is 4. The van der Waals surface area contributed by atoms with Crippen LogP contribution in [0.2, 0.25) is 0 Å². The zero-order valence-corrected chi connectivity index (χ0v) is 18.1. The highest BCUT2D eigenvalue weighted by Crippen LogP contribution is 2.37. The summed E-state index contributed by atoms with van der Waals surface area (Å²) in [6.07, 6.45) is -5.27. The average Bonchev–Trinajstić information content (AvgIpc) is 2.98. The molecule has 2 N–H and O–H groups in total. The van der Waals surface area contributed by atoms with Gasteiger partial charge >= 0.3 is 12.2 Å². The molecule has 0 spiro atoms. The molecule has 0 aromatic heterocycles. The van der Waals surface area contributed by atoms with Gasteiger partial charge in [0.25, 0.3) is 17.5 Å². The van der Waals surface area contributed by atoms with Gasteiger partial charge in [-0.25, -0.2) is 4.79 Å². The topological polar surface area (TPSA) is 78.5 Å². The van der Waals surface area contributed by atoms with Crippen LogP contribution >= 0.6 is 0 Å². The Morgan fingerprint density at radius 1 is 1.00 bits per heavy atom. The number of hydrogen-bond donors (Lipinski definition) is 2. The predicted molar refractivity (Wildman–Crippen MR) is 112 cm³/mol. The summed E-state index contributed by atoms with van der Waals surface area (Å²) in [5.41, 5.74) is -2.50. The van der Waals surface area contributed by atoms with Crippen LogP contribution in [0.4, 0.5) is 18.0 Å². The smallest absolute Gasteiger partial charge is 0.314 e. The van der Waals surface area contributed by atoms with Crippen molar-refractivity contribution in [2.75, 3.05) is 0 Å². The highest BCUT2D eigenvalue weighted by atomic mass is 19.4. The number of hydrogen-bond acceptors (Lipinski definition) is 3. The molecule has 32 heavy (non-hydrogen) atoms. The first-order valence-electron chi connectivity index (χ1n) is 9.98. The van der Waals surface area contributed by atoms with Gasteiger partial charge in [0.15, 0.2) is 0 Å². The lowest BCUT2D eigenvalue weighted by molar-refractivity contribution is -0.200. The lowest BCUT2D eigenvalue weighted by Crippen LogP contribution is -2.69. The van der Waals surface area contributed by atoms with Gasteiger partial charge in [0.1, 0.15) is 0 Å². The number of carbonyl (C=O) groups is 3. The van der Waals surface area contributed by atoms with Crippen LogP contribution in [0, 0.1) is 0 Å². The van der Waals surface area contributed by atoms with Crippen LogP contribution in [0.3, 0.4) is 0 Å². The van der Waals surface area contributed by atoms with E-state index in [1.807, 2.05) is 20.8 Å². The Morgan fingerprint density at radius 2 is 1.56 bits per heavy atom. The van der Waals surface area contributed by atoms with Crippen molar-refractivity contribution in [3.05, 3.63) is 71.3 Å². The summed E-state index contributed by atoms with van der Waals surface area (Å²) < 4.78 is 42.3. The second-order valence-corrected chi connectivity index (χ2v) is 8.72. The third-order valence-electron chi connectivity index (χ3n) is 5.46. The Labute approximate surface area is 183 Å². The summed E-state index contributed by atoms with van der Waals surface area (Å²) in [4.78, 5) is 38.6. The van der Waals surface area contributed by atoms with Crippen LogP contribution in [0.25, 0.3) is 0 Å². The van der Waals surface area contributed by atoms with Gasteiger partial charge in [0.05, 0.1) is 6.04 Å². The molecule has 6 nitrogen and oxygen atoms in total. The minimum absolute atomic E-state index is 0.0711. The summed E-state index contributed by atoms with van der Waals surface area (Å²) in [7, 11) is 0. The molecule has 0 bridgehead atoms. The van der Waals surface area contributed by atoms with Crippen LogP contribution in [0.15, 0.2) is 54.6 Å². The standard InChI is InChI=1S/C23H24F3N3O3/c1-14(15-8-6-5-7-9-15)29-19(31)22(23(24,25)26,28-20(29)32)27-18(30)16-10-12-17(13-11-16)21(2,3)4/h5-14H,1-4H3,(H,27,30)(H,28,32)/t14-,22+/m1/s1. The van der Waals surface area contributed by atoms with E-state index in [9.17, 15) is 27.6 Å². The van der Waals surface area contributed by atoms with Crippen molar-refractivity contribution in [2.45, 2.75) is 51.0 Å². The van der Waals surface area contributed by atoms with E-state index in [1.165, 1.54) is 19.1 Å². The molecule has 2 aromatic carbocycles. The van der Waals surface area contributed by atoms with Crippen molar-refractivity contribution in [3.63, 3.8) is 0 Å². The van der Waals surface area contributed by atoms with Crippen LogP contribution in [0.5, 0.6) is 0 Å². The maximum absolute atomic E-state index is 14.1. The maximum atomic E-state index is 14.1. The van der Waals surface area contributed by atoms with Gasteiger partial charge in [-0.2, -0.15) is 13.2 Å². The van der Waals surface area contributed by atoms with Gasteiger partial charge in [0, 0.05) is 5.56 Å². The molecular weight excluding hydrogens is 423 g/mol. The third-order valence-corrected chi connectivity index (χ3v) is 5.46. The van der Waals surface area contributed by atoms with Gasteiger partial charge in [-0.15, -0.1) is 0 Å². The highest BCUT2D eigenvalue weighted by Gasteiger charge is 2.69. The van der Waals surface area contributed by atoms with E-state index in [1.54, 1.807) is 53.1 Å². The molecule has 2 aromatic rings. The SMILES string of the molecule is C[C@H](c1ccccc1)N1C(=O)N[C@](NC(=O)c2ccc(C(C)(C)C)cc2)(C(F)(F)F)C1=O. The number of amides is 4. The molecule has 0 unspecified atom stereocenters. The number of alkyl halides is 3. The first-order chi connectivity index (χ1) is 14.8. The van der Waals surface area contributed by atoms with Crippen molar-refractivity contribution in [1.29, 1.82) is 0 Å². The summed E-state index contributed by atoms with van der Waals surface area (Å²) in [5, 5.41) is 3.41. The molecule has 2 atom stereocenters. The fraction of sp³-hybridized carbons (Fsp3) is 0.348. The molecular formula is C23H24F3N3O3. The van der Waals surface area contributed by atoms with E-state index >= 15 is 0 Å². The molecule has 1 aliphatic heterocycles. The van der Waals surface area contributed by atoms with E-state index in [4.69, 9.17) is 0 Å². The number of benzene rings is 2. The summed E-state index contributed by atoms with van der Waals surface area (Å²) in [5.74, 6) is -2.73. The largest absolute Gasteiger partial charge is 0.440 e. The van der Waals surface area contributed by atoms with Gasteiger partial charge in [-0.3, -0.25) is 19.8 Å². The molecule has 1 saturated heterocycles. The first kappa shape index (κ1) is 23.3. The lowest BCUT2D eigenvalue weighted by Gasteiger charge is -2.30. The molecule has 3 rings (SSSR count). The minimum Gasteiger partial charge on any atom is -0.314 e. The predicted octanol–water partition coefficient (Wildman–Crippen LogP) is 4.29. The van der Waals surface area contributed by atoms with Crippen molar-refractivity contribution in [3.8, 4) is 0 Å². The molecule has 0 saturated carbocycles. The zero-order valence-electron chi connectivity index (χ0n) is 18.1. The number of nitrogens with one attached hydrogen (secondary N) is 2. The third kappa shape index (κ3) is 4.06. The summed E-state index contributed by atoms with van der Waals surface area (Å²) >= 11 is 0. The first-order valence-corrected chi connectivity index (χ1v) is 9.98. The van der Waals surface area contributed by atoms with E-state index < -0.39 is 35.7 Å². The fourth-order valence-electron chi connectivity index (χ4n) is 3.49. The second kappa shape index (κ2) is 7.96. The number of imide groups is 1.